The Labute approximate surface area is 176 Å². The molecule has 0 spiro atoms. The summed E-state index contributed by atoms with van der Waals surface area (Å²) in [6.07, 6.45) is 4.05. The molecular formula is C24H26N4O2. The maximum atomic E-state index is 12.3. The molecule has 30 heavy (non-hydrogen) atoms. The van der Waals surface area contributed by atoms with Crippen LogP contribution in [0.25, 0.3) is 11.3 Å². The van der Waals surface area contributed by atoms with Gasteiger partial charge in [0.15, 0.2) is 5.82 Å². The molecule has 0 bridgehead atoms. The highest BCUT2D eigenvalue weighted by Gasteiger charge is 2.13. The van der Waals surface area contributed by atoms with Crippen molar-refractivity contribution in [2.45, 2.75) is 25.7 Å². The standard InChI is InChI=1S/C24H26N4O2/c1-30-21-11-5-18(6-12-21)17-24(29)25-20-9-7-19(8-10-20)22-13-14-23(27-26-22)28-15-3-2-4-16-28/h5-14H,2-4,15-17H2,1H3,(H,25,29). The van der Waals surface area contributed by atoms with Crippen LogP contribution in [0.4, 0.5) is 11.5 Å². The van der Waals surface area contributed by atoms with Crippen molar-refractivity contribution in [1.82, 2.24) is 10.2 Å². The summed E-state index contributed by atoms with van der Waals surface area (Å²) < 4.78 is 5.14. The van der Waals surface area contributed by atoms with Gasteiger partial charge in [0, 0.05) is 24.3 Å². The maximum Gasteiger partial charge on any atom is 0.228 e. The van der Waals surface area contributed by atoms with Crippen molar-refractivity contribution in [3.63, 3.8) is 0 Å². The lowest BCUT2D eigenvalue weighted by atomic mass is 10.1. The fourth-order valence-electron chi connectivity index (χ4n) is 3.63. The molecule has 0 atom stereocenters. The minimum absolute atomic E-state index is 0.0569. The van der Waals surface area contributed by atoms with E-state index in [1.165, 1.54) is 19.3 Å². The van der Waals surface area contributed by atoms with Crippen molar-refractivity contribution in [2.75, 3.05) is 30.4 Å². The summed E-state index contributed by atoms with van der Waals surface area (Å²) >= 11 is 0. The number of amides is 1. The molecule has 1 saturated heterocycles. The molecule has 1 aliphatic heterocycles. The van der Waals surface area contributed by atoms with Gasteiger partial charge >= 0.3 is 0 Å². The van der Waals surface area contributed by atoms with Gasteiger partial charge in [-0.25, -0.2) is 0 Å². The number of rotatable bonds is 6. The van der Waals surface area contributed by atoms with E-state index in [0.717, 1.165) is 47.2 Å². The molecule has 1 amide bonds. The number of carbonyl (C=O) groups is 1. The van der Waals surface area contributed by atoms with Crippen LogP contribution in [-0.4, -0.2) is 36.3 Å². The third-order valence-corrected chi connectivity index (χ3v) is 5.32. The molecule has 2 aromatic carbocycles. The SMILES string of the molecule is COc1ccc(CC(=O)Nc2ccc(-c3ccc(N4CCCCC4)nn3)cc2)cc1. The Hall–Kier alpha value is -3.41. The van der Waals surface area contributed by atoms with Gasteiger partial charge in [-0.1, -0.05) is 24.3 Å². The Morgan fingerprint density at radius 1 is 0.933 bits per heavy atom. The summed E-state index contributed by atoms with van der Waals surface area (Å²) in [5, 5.41) is 11.7. The van der Waals surface area contributed by atoms with Crippen LogP contribution in [0.1, 0.15) is 24.8 Å². The molecule has 6 nitrogen and oxygen atoms in total. The number of aromatic nitrogens is 2. The number of hydrogen-bond donors (Lipinski definition) is 1. The number of nitrogens with zero attached hydrogens (tertiary/aromatic N) is 3. The monoisotopic (exact) mass is 402 g/mol. The van der Waals surface area contributed by atoms with Gasteiger partial charge in [0.2, 0.25) is 5.91 Å². The molecule has 4 rings (SSSR count). The smallest absolute Gasteiger partial charge is 0.228 e. The lowest BCUT2D eigenvalue weighted by molar-refractivity contribution is -0.115. The van der Waals surface area contributed by atoms with Gasteiger partial charge in [0.1, 0.15) is 5.75 Å². The van der Waals surface area contributed by atoms with Crippen molar-refractivity contribution < 1.29 is 9.53 Å². The number of hydrogen-bond acceptors (Lipinski definition) is 5. The molecule has 0 saturated carbocycles. The Morgan fingerprint density at radius 2 is 1.67 bits per heavy atom. The topological polar surface area (TPSA) is 67.3 Å². The van der Waals surface area contributed by atoms with E-state index in [0.29, 0.717) is 6.42 Å². The predicted molar refractivity (Wildman–Crippen MR) is 119 cm³/mol. The number of ether oxygens (including phenoxy) is 1. The van der Waals surface area contributed by atoms with Crippen molar-refractivity contribution in [1.29, 1.82) is 0 Å². The minimum atomic E-state index is -0.0569. The third-order valence-electron chi connectivity index (χ3n) is 5.32. The molecule has 0 aliphatic carbocycles. The van der Waals surface area contributed by atoms with Gasteiger partial charge in [0.05, 0.1) is 19.2 Å². The molecule has 6 heteroatoms. The largest absolute Gasteiger partial charge is 0.497 e. The Balaban J connectivity index is 1.35. The lowest BCUT2D eigenvalue weighted by Gasteiger charge is -2.27. The van der Waals surface area contributed by atoms with Gasteiger partial charge in [0.25, 0.3) is 0 Å². The second-order valence-electron chi connectivity index (χ2n) is 7.47. The van der Waals surface area contributed by atoms with E-state index in [2.05, 4.69) is 20.4 Å². The van der Waals surface area contributed by atoms with Crippen LogP contribution < -0.4 is 15.0 Å². The van der Waals surface area contributed by atoms with E-state index in [9.17, 15) is 4.79 Å². The lowest BCUT2D eigenvalue weighted by Crippen LogP contribution is -2.30. The van der Waals surface area contributed by atoms with E-state index < -0.39 is 0 Å². The third kappa shape index (κ3) is 4.95. The average Bonchev–Trinajstić information content (AvgIpc) is 2.81. The number of anilines is 2. The Morgan fingerprint density at radius 3 is 2.30 bits per heavy atom. The van der Waals surface area contributed by atoms with Gasteiger partial charge in [-0.15, -0.1) is 10.2 Å². The van der Waals surface area contributed by atoms with Crippen molar-refractivity contribution in [3.05, 3.63) is 66.2 Å². The van der Waals surface area contributed by atoms with Crippen LogP contribution >= 0.6 is 0 Å². The molecule has 2 heterocycles. The fraction of sp³-hybridized carbons (Fsp3) is 0.292. The van der Waals surface area contributed by atoms with Crippen molar-refractivity contribution in [2.24, 2.45) is 0 Å². The van der Waals surface area contributed by atoms with Gasteiger partial charge < -0.3 is 15.0 Å². The number of methoxy groups -OCH3 is 1. The minimum Gasteiger partial charge on any atom is -0.497 e. The molecule has 1 fully saturated rings. The second-order valence-corrected chi connectivity index (χ2v) is 7.47. The summed E-state index contributed by atoms with van der Waals surface area (Å²) in [5.41, 5.74) is 3.50. The zero-order valence-corrected chi connectivity index (χ0v) is 17.2. The van der Waals surface area contributed by atoms with E-state index in [-0.39, 0.29) is 5.91 Å². The Bertz CT molecular complexity index is 964. The normalized spacial score (nSPS) is 13.7. The van der Waals surface area contributed by atoms with Gasteiger partial charge in [-0.2, -0.15) is 0 Å². The van der Waals surface area contributed by atoms with Crippen LogP contribution in [0.15, 0.2) is 60.7 Å². The fourth-order valence-corrected chi connectivity index (χ4v) is 3.63. The van der Waals surface area contributed by atoms with E-state index in [4.69, 9.17) is 4.74 Å². The first kappa shape index (κ1) is 19.9. The average molecular weight is 402 g/mol. The van der Waals surface area contributed by atoms with Crippen LogP contribution in [-0.2, 0) is 11.2 Å². The zero-order chi connectivity index (χ0) is 20.8. The van der Waals surface area contributed by atoms with Gasteiger partial charge in [-0.3, -0.25) is 4.79 Å². The summed E-state index contributed by atoms with van der Waals surface area (Å²) in [6, 6.07) is 19.2. The van der Waals surface area contributed by atoms with Crippen molar-refractivity contribution >= 4 is 17.4 Å². The molecule has 1 aliphatic rings. The number of nitrogens with one attached hydrogen (secondary N) is 1. The van der Waals surface area contributed by atoms with E-state index >= 15 is 0 Å². The molecule has 154 valence electrons. The highest BCUT2D eigenvalue weighted by atomic mass is 16.5. The molecule has 3 aromatic rings. The summed E-state index contributed by atoms with van der Waals surface area (Å²) in [7, 11) is 1.63. The van der Waals surface area contributed by atoms with Crippen molar-refractivity contribution in [3.8, 4) is 17.0 Å². The first-order valence-electron chi connectivity index (χ1n) is 10.3. The highest BCUT2D eigenvalue weighted by molar-refractivity contribution is 5.92. The van der Waals surface area contributed by atoms with Crippen LogP contribution in [0, 0.1) is 0 Å². The maximum absolute atomic E-state index is 12.3. The predicted octanol–water partition coefficient (Wildman–Crippen LogP) is 4.32. The number of benzene rings is 2. The Kier molecular flexibility index (Phi) is 6.23. The quantitative estimate of drug-likeness (QED) is 0.665. The summed E-state index contributed by atoms with van der Waals surface area (Å²) in [4.78, 5) is 14.6. The van der Waals surface area contributed by atoms with Gasteiger partial charge in [-0.05, 0) is 61.2 Å². The highest BCUT2D eigenvalue weighted by Crippen LogP contribution is 2.22. The first-order valence-corrected chi connectivity index (χ1v) is 10.3. The molecule has 0 unspecified atom stereocenters. The molecular weight excluding hydrogens is 376 g/mol. The second kappa shape index (κ2) is 9.39. The first-order chi connectivity index (χ1) is 14.7. The van der Waals surface area contributed by atoms with E-state index in [1.807, 2.05) is 60.7 Å². The number of piperidine rings is 1. The van der Waals surface area contributed by atoms with E-state index in [1.54, 1.807) is 7.11 Å². The molecule has 0 radical (unpaired) electrons. The molecule has 1 aromatic heterocycles. The molecule has 1 N–H and O–H groups in total. The number of carbonyl (C=O) groups excluding carboxylic acids is 1. The van der Waals surface area contributed by atoms with Crippen LogP contribution in [0.5, 0.6) is 5.75 Å². The van der Waals surface area contributed by atoms with Crippen LogP contribution in [0.2, 0.25) is 0 Å². The summed E-state index contributed by atoms with van der Waals surface area (Å²) in [5.74, 6) is 1.67. The van der Waals surface area contributed by atoms with Crippen LogP contribution in [0.3, 0.4) is 0 Å². The summed E-state index contributed by atoms with van der Waals surface area (Å²) in [6.45, 7) is 2.11. The zero-order valence-electron chi connectivity index (χ0n) is 17.2.